The second-order valence-corrected chi connectivity index (χ2v) is 7.41. The van der Waals surface area contributed by atoms with Crippen molar-refractivity contribution in [3.63, 3.8) is 0 Å². The van der Waals surface area contributed by atoms with E-state index in [2.05, 4.69) is 4.72 Å². The summed E-state index contributed by atoms with van der Waals surface area (Å²) >= 11 is 1.40. The van der Waals surface area contributed by atoms with E-state index in [0.29, 0.717) is 0 Å². The summed E-state index contributed by atoms with van der Waals surface area (Å²) in [5.74, 6) is -0.394. The molecule has 0 saturated heterocycles. The van der Waals surface area contributed by atoms with Gasteiger partial charge in [-0.05, 0) is 25.5 Å². The molecule has 2 unspecified atom stereocenters. The first-order chi connectivity index (χ1) is 8.44. The number of carbonyl (C=O) groups is 1. The van der Waals surface area contributed by atoms with Gasteiger partial charge in [0.05, 0.1) is 17.0 Å². The second kappa shape index (κ2) is 5.03. The molecule has 0 amide bonds. The molecule has 0 aliphatic carbocycles. The molecule has 0 fully saturated rings. The standard InChI is InChI=1S/C12H15NO3S2/c1-3-18(15,16)13-12-11(8(2)14)9-6-4-5-7-10(9)17-12/h4-7,11-13H,3H2,1-2H3. The van der Waals surface area contributed by atoms with Crippen molar-refractivity contribution >= 4 is 27.6 Å². The minimum Gasteiger partial charge on any atom is -0.299 e. The number of rotatable bonds is 4. The molecular formula is C12H15NO3S2. The molecule has 1 aliphatic heterocycles. The smallest absolute Gasteiger partial charge is 0.212 e. The van der Waals surface area contributed by atoms with Crippen LogP contribution in [0.2, 0.25) is 0 Å². The van der Waals surface area contributed by atoms with Crippen molar-refractivity contribution in [3.8, 4) is 0 Å². The summed E-state index contributed by atoms with van der Waals surface area (Å²) in [4.78, 5) is 12.7. The molecule has 1 heterocycles. The first-order valence-corrected chi connectivity index (χ1v) is 8.24. The number of carbonyl (C=O) groups excluding carboxylic acids is 1. The molecule has 1 aliphatic rings. The molecule has 0 bridgehead atoms. The van der Waals surface area contributed by atoms with Crippen LogP contribution in [0.1, 0.15) is 25.3 Å². The summed E-state index contributed by atoms with van der Waals surface area (Å²) in [5.41, 5.74) is 0.916. The molecule has 2 atom stereocenters. The number of benzene rings is 1. The maximum absolute atomic E-state index is 11.7. The fourth-order valence-corrected chi connectivity index (χ4v) is 4.52. The fourth-order valence-electron chi connectivity index (χ4n) is 2.00. The van der Waals surface area contributed by atoms with E-state index in [-0.39, 0.29) is 11.5 Å². The summed E-state index contributed by atoms with van der Waals surface area (Å²) in [6.45, 7) is 3.08. The van der Waals surface area contributed by atoms with Gasteiger partial charge in [-0.1, -0.05) is 18.2 Å². The minimum atomic E-state index is -3.31. The van der Waals surface area contributed by atoms with E-state index < -0.39 is 21.3 Å². The van der Waals surface area contributed by atoms with Gasteiger partial charge < -0.3 is 0 Å². The zero-order chi connectivity index (χ0) is 13.3. The van der Waals surface area contributed by atoms with Crippen LogP contribution in [0.5, 0.6) is 0 Å². The van der Waals surface area contributed by atoms with Crippen molar-refractivity contribution in [2.45, 2.75) is 30.0 Å². The zero-order valence-corrected chi connectivity index (χ0v) is 11.8. The molecule has 0 saturated carbocycles. The van der Waals surface area contributed by atoms with E-state index in [1.54, 1.807) is 6.92 Å². The van der Waals surface area contributed by atoms with Crippen LogP contribution in [0.15, 0.2) is 29.2 Å². The number of nitrogens with one attached hydrogen (secondary N) is 1. The van der Waals surface area contributed by atoms with Gasteiger partial charge in [-0.2, -0.15) is 0 Å². The topological polar surface area (TPSA) is 63.2 Å². The highest BCUT2D eigenvalue weighted by Gasteiger charge is 2.38. The zero-order valence-electron chi connectivity index (χ0n) is 10.2. The third-order valence-electron chi connectivity index (χ3n) is 2.92. The summed E-state index contributed by atoms with van der Waals surface area (Å²) in [6, 6.07) is 7.55. The molecule has 4 nitrogen and oxygen atoms in total. The molecule has 6 heteroatoms. The Kier molecular flexibility index (Phi) is 3.79. The Hall–Kier alpha value is -0.850. The van der Waals surface area contributed by atoms with Crippen molar-refractivity contribution < 1.29 is 13.2 Å². The lowest BCUT2D eigenvalue weighted by Gasteiger charge is -2.17. The monoisotopic (exact) mass is 285 g/mol. The highest BCUT2D eigenvalue weighted by atomic mass is 32.2. The molecule has 2 rings (SSSR count). The quantitative estimate of drug-likeness (QED) is 0.915. The molecular weight excluding hydrogens is 270 g/mol. The molecule has 0 aromatic heterocycles. The number of hydrogen-bond donors (Lipinski definition) is 1. The Bertz CT molecular complexity index is 568. The number of ketones is 1. The van der Waals surface area contributed by atoms with Gasteiger partial charge in [0.2, 0.25) is 10.0 Å². The van der Waals surface area contributed by atoms with Gasteiger partial charge in [0.25, 0.3) is 0 Å². The van der Waals surface area contributed by atoms with Crippen LogP contribution in [-0.2, 0) is 14.8 Å². The fraction of sp³-hybridized carbons (Fsp3) is 0.417. The van der Waals surface area contributed by atoms with Gasteiger partial charge >= 0.3 is 0 Å². The van der Waals surface area contributed by atoms with Crippen molar-refractivity contribution in [2.75, 3.05) is 5.75 Å². The van der Waals surface area contributed by atoms with E-state index in [9.17, 15) is 13.2 Å². The van der Waals surface area contributed by atoms with E-state index in [1.165, 1.54) is 18.7 Å². The summed E-state index contributed by atoms with van der Waals surface area (Å²) in [7, 11) is -3.31. The van der Waals surface area contributed by atoms with E-state index in [0.717, 1.165) is 10.5 Å². The van der Waals surface area contributed by atoms with Gasteiger partial charge in [0, 0.05) is 4.90 Å². The lowest BCUT2D eigenvalue weighted by molar-refractivity contribution is -0.118. The second-order valence-electron chi connectivity index (χ2n) is 4.19. The van der Waals surface area contributed by atoms with Gasteiger partial charge in [-0.25, -0.2) is 13.1 Å². The van der Waals surface area contributed by atoms with Gasteiger partial charge in [-0.15, -0.1) is 11.8 Å². The summed E-state index contributed by atoms with van der Waals surface area (Å²) in [6.07, 6.45) is 0. The number of sulfonamides is 1. The van der Waals surface area contributed by atoms with Crippen LogP contribution in [0.25, 0.3) is 0 Å². The third kappa shape index (κ3) is 2.60. The number of fused-ring (bicyclic) bond motifs is 1. The molecule has 1 N–H and O–H groups in total. The van der Waals surface area contributed by atoms with Crippen LogP contribution in [0.4, 0.5) is 0 Å². The Morgan fingerprint density at radius 2 is 2.06 bits per heavy atom. The Morgan fingerprint density at radius 3 is 2.67 bits per heavy atom. The Balaban J connectivity index is 2.33. The average molecular weight is 285 g/mol. The molecule has 1 aromatic rings. The first kappa shape index (κ1) is 13.6. The van der Waals surface area contributed by atoms with Gasteiger partial charge in [0.1, 0.15) is 5.78 Å². The summed E-state index contributed by atoms with van der Waals surface area (Å²) in [5, 5.41) is -0.426. The van der Waals surface area contributed by atoms with Crippen LogP contribution in [0.3, 0.4) is 0 Å². The van der Waals surface area contributed by atoms with E-state index in [4.69, 9.17) is 0 Å². The highest BCUT2D eigenvalue weighted by molar-refractivity contribution is 8.01. The van der Waals surface area contributed by atoms with Crippen LogP contribution in [-0.4, -0.2) is 25.3 Å². The van der Waals surface area contributed by atoms with Crippen LogP contribution < -0.4 is 4.72 Å². The normalized spacial score (nSPS) is 22.8. The Morgan fingerprint density at radius 1 is 1.39 bits per heavy atom. The Labute approximate surface area is 111 Å². The lowest BCUT2D eigenvalue weighted by Crippen LogP contribution is -2.37. The SMILES string of the molecule is CCS(=O)(=O)NC1Sc2ccccc2C1C(C)=O. The number of Topliss-reactive ketones (excluding diaryl/α,β-unsaturated/α-hetero) is 1. The van der Waals surface area contributed by atoms with Crippen molar-refractivity contribution in [1.82, 2.24) is 4.72 Å². The summed E-state index contributed by atoms with van der Waals surface area (Å²) < 4.78 is 25.9. The molecule has 0 spiro atoms. The molecule has 0 radical (unpaired) electrons. The van der Waals surface area contributed by atoms with Crippen molar-refractivity contribution in [3.05, 3.63) is 29.8 Å². The predicted molar refractivity (Wildman–Crippen MR) is 72.1 cm³/mol. The molecule has 1 aromatic carbocycles. The maximum Gasteiger partial charge on any atom is 0.212 e. The number of hydrogen-bond acceptors (Lipinski definition) is 4. The van der Waals surface area contributed by atoms with Crippen molar-refractivity contribution in [2.24, 2.45) is 0 Å². The third-order valence-corrected chi connectivity index (χ3v) is 5.72. The van der Waals surface area contributed by atoms with E-state index >= 15 is 0 Å². The van der Waals surface area contributed by atoms with Crippen molar-refractivity contribution in [1.29, 1.82) is 0 Å². The van der Waals surface area contributed by atoms with Gasteiger partial charge in [-0.3, -0.25) is 4.79 Å². The number of thioether (sulfide) groups is 1. The van der Waals surface area contributed by atoms with E-state index in [1.807, 2.05) is 24.3 Å². The minimum absolute atomic E-state index is 0.0174. The highest BCUT2D eigenvalue weighted by Crippen LogP contribution is 2.44. The lowest BCUT2D eigenvalue weighted by atomic mass is 9.96. The van der Waals surface area contributed by atoms with Crippen LogP contribution >= 0.6 is 11.8 Å². The van der Waals surface area contributed by atoms with Crippen LogP contribution in [0, 0.1) is 0 Å². The maximum atomic E-state index is 11.7. The average Bonchev–Trinajstić information content (AvgIpc) is 2.65. The molecule has 98 valence electrons. The molecule has 18 heavy (non-hydrogen) atoms. The predicted octanol–water partition coefficient (Wildman–Crippen LogP) is 1.73. The largest absolute Gasteiger partial charge is 0.299 e. The first-order valence-electron chi connectivity index (χ1n) is 5.70. The van der Waals surface area contributed by atoms with Gasteiger partial charge in [0.15, 0.2) is 0 Å².